The smallest absolute Gasteiger partial charge is 0.0645 e. The molecule has 0 aliphatic heterocycles. The van der Waals surface area contributed by atoms with E-state index in [-0.39, 0.29) is 0 Å². The van der Waals surface area contributed by atoms with Crippen LogP contribution in [0.15, 0.2) is 72.8 Å². The third-order valence-corrected chi connectivity index (χ3v) is 3.59. The molecule has 0 aliphatic rings. The molecule has 3 heteroatoms. The summed E-state index contributed by atoms with van der Waals surface area (Å²) >= 11 is 0. The maximum Gasteiger partial charge on any atom is 0.0645 e. The van der Waals surface area contributed by atoms with E-state index in [0.717, 1.165) is 29.3 Å². The normalized spacial score (nSPS) is 10.3. The SMILES string of the molecule is Cc1cc(CN(Nc2ccccc2)c2ccccc2)cc(C)n1. The Kier molecular flexibility index (Phi) is 4.57. The number of hydrazine groups is 1. The highest BCUT2D eigenvalue weighted by atomic mass is 15.5. The van der Waals surface area contributed by atoms with Crippen LogP contribution in [0.1, 0.15) is 17.0 Å². The number of pyridine rings is 1. The number of aryl methyl sites for hydroxylation is 2. The average molecular weight is 303 g/mol. The fourth-order valence-corrected chi connectivity index (χ4v) is 2.67. The molecule has 0 amide bonds. The van der Waals surface area contributed by atoms with Crippen molar-refractivity contribution in [3.63, 3.8) is 0 Å². The van der Waals surface area contributed by atoms with Gasteiger partial charge in [-0.2, -0.15) is 0 Å². The molecular weight excluding hydrogens is 282 g/mol. The van der Waals surface area contributed by atoms with Crippen molar-refractivity contribution in [1.29, 1.82) is 0 Å². The Morgan fingerprint density at radius 1 is 0.826 bits per heavy atom. The molecule has 2 aromatic carbocycles. The summed E-state index contributed by atoms with van der Waals surface area (Å²) in [7, 11) is 0. The summed E-state index contributed by atoms with van der Waals surface area (Å²) < 4.78 is 0. The van der Waals surface area contributed by atoms with Crippen molar-refractivity contribution in [2.75, 3.05) is 10.4 Å². The minimum absolute atomic E-state index is 0.767. The van der Waals surface area contributed by atoms with Crippen LogP contribution in [0.2, 0.25) is 0 Å². The second-order valence-corrected chi connectivity index (χ2v) is 5.66. The second-order valence-electron chi connectivity index (χ2n) is 5.66. The zero-order valence-electron chi connectivity index (χ0n) is 13.5. The van der Waals surface area contributed by atoms with Gasteiger partial charge in [-0.1, -0.05) is 36.4 Å². The van der Waals surface area contributed by atoms with E-state index in [0.29, 0.717) is 0 Å². The standard InChI is InChI=1S/C20H21N3/c1-16-13-18(14-17(2)21-16)15-23(20-11-7-4-8-12-20)22-19-9-5-3-6-10-19/h3-14,22H,15H2,1-2H3. The number of nitrogens with one attached hydrogen (secondary N) is 1. The van der Waals surface area contributed by atoms with E-state index >= 15 is 0 Å². The van der Waals surface area contributed by atoms with Crippen molar-refractivity contribution in [3.8, 4) is 0 Å². The van der Waals surface area contributed by atoms with Gasteiger partial charge in [0.2, 0.25) is 0 Å². The predicted octanol–water partition coefficient (Wildman–Crippen LogP) is 4.73. The Labute approximate surface area is 137 Å². The summed E-state index contributed by atoms with van der Waals surface area (Å²) in [5, 5.41) is 2.16. The molecule has 0 radical (unpaired) electrons. The Hall–Kier alpha value is -2.81. The van der Waals surface area contributed by atoms with Crippen molar-refractivity contribution in [2.24, 2.45) is 0 Å². The van der Waals surface area contributed by atoms with Crippen LogP contribution in [0.3, 0.4) is 0 Å². The number of nitrogens with zero attached hydrogens (tertiary/aromatic N) is 2. The largest absolute Gasteiger partial charge is 0.298 e. The minimum Gasteiger partial charge on any atom is -0.298 e. The van der Waals surface area contributed by atoms with Gasteiger partial charge in [-0.15, -0.1) is 0 Å². The van der Waals surface area contributed by atoms with Crippen LogP contribution in [-0.2, 0) is 6.54 Å². The summed E-state index contributed by atoms with van der Waals surface area (Å²) in [6, 6.07) is 24.9. The Balaban J connectivity index is 1.88. The lowest BCUT2D eigenvalue weighted by Crippen LogP contribution is -2.29. The maximum atomic E-state index is 4.46. The molecule has 1 heterocycles. The van der Waals surface area contributed by atoms with E-state index in [1.54, 1.807) is 0 Å². The average Bonchev–Trinajstić information content (AvgIpc) is 2.55. The molecule has 1 aromatic heterocycles. The molecule has 0 fully saturated rings. The summed E-state index contributed by atoms with van der Waals surface area (Å²) in [6.45, 7) is 4.84. The molecule has 116 valence electrons. The third kappa shape index (κ3) is 4.10. The van der Waals surface area contributed by atoms with Gasteiger partial charge >= 0.3 is 0 Å². The fraction of sp³-hybridized carbons (Fsp3) is 0.150. The molecule has 3 nitrogen and oxygen atoms in total. The monoisotopic (exact) mass is 303 g/mol. The number of para-hydroxylation sites is 2. The zero-order chi connectivity index (χ0) is 16.1. The van der Waals surface area contributed by atoms with Crippen LogP contribution in [0.4, 0.5) is 11.4 Å². The van der Waals surface area contributed by atoms with Gasteiger partial charge in [-0.25, -0.2) is 0 Å². The topological polar surface area (TPSA) is 28.2 Å². The minimum atomic E-state index is 0.767. The first-order chi connectivity index (χ1) is 11.2. The van der Waals surface area contributed by atoms with Gasteiger partial charge < -0.3 is 0 Å². The predicted molar refractivity (Wildman–Crippen MR) is 96.4 cm³/mol. The van der Waals surface area contributed by atoms with Crippen molar-refractivity contribution < 1.29 is 0 Å². The summed E-state index contributed by atoms with van der Waals surface area (Å²) in [4.78, 5) is 4.46. The van der Waals surface area contributed by atoms with Gasteiger partial charge in [-0.05, 0) is 55.8 Å². The van der Waals surface area contributed by atoms with Crippen LogP contribution >= 0.6 is 0 Å². The summed E-state index contributed by atoms with van der Waals surface area (Å²) in [5.41, 5.74) is 9.03. The Bertz CT molecular complexity index is 734. The van der Waals surface area contributed by atoms with Gasteiger partial charge in [0.1, 0.15) is 0 Å². The summed E-state index contributed by atoms with van der Waals surface area (Å²) in [5.74, 6) is 0. The molecule has 1 N–H and O–H groups in total. The van der Waals surface area contributed by atoms with E-state index in [2.05, 4.69) is 63.9 Å². The molecule has 0 saturated carbocycles. The van der Waals surface area contributed by atoms with Crippen molar-refractivity contribution in [2.45, 2.75) is 20.4 Å². The molecule has 0 aliphatic carbocycles. The number of rotatable bonds is 5. The molecular formula is C20H21N3. The number of aromatic nitrogens is 1. The first-order valence-corrected chi connectivity index (χ1v) is 7.79. The first kappa shape index (κ1) is 15.1. The van der Waals surface area contributed by atoms with E-state index in [9.17, 15) is 0 Å². The molecule has 3 aromatic rings. The van der Waals surface area contributed by atoms with Gasteiger partial charge in [-0.3, -0.25) is 15.4 Å². The van der Waals surface area contributed by atoms with Gasteiger partial charge in [0.15, 0.2) is 0 Å². The second kappa shape index (κ2) is 6.97. The van der Waals surface area contributed by atoms with E-state index in [1.807, 2.05) is 38.1 Å². The Morgan fingerprint density at radius 2 is 1.39 bits per heavy atom. The van der Waals surface area contributed by atoms with E-state index in [1.165, 1.54) is 5.56 Å². The van der Waals surface area contributed by atoms with Crippen LogP contribution in [0.5, 0.6) is 0 Å². The van der Waals surface area contributed by atoms with E-state index in [4.69, 9.17) is 0 Å². The molecule has 0 bridgehead atoms. The highest BCUT2D eigenvalue weighted by Gasteiger charge is 2.08. The van der Waals surface area contributed by atoms with Crippen molar-refractivity contribution in [3.05, 3.63) is 89.7 Å². The quantitative estimate of drug-likeness (QED) is 0.691. The van der Waals surface area contributed by atoms with Gasteiger partial charge in [0.25, 0.3) is 0 Å². The lowest BCUT2D eigenvalue weighted by atomic mass is 10.2. The lowest BCUT2D eigenvalue weighted by Gasteiger charge is -2.27. The Morgan fingerprint density at radius 3 is 2.00 bits per heavy atom. The number of hydrogen-bond acceptors (Lipinski definition) is 3. The van der Waals surface area contributed by atoms with Crippen LogP contribution in [-0.4, -0.2) is 4.98 Å². The number of anilines is 2. The lowest BCUT2D eigenvalue weighted by molar-refractivity contribution is 0.895. The van der Waals surface area contributed by atoms with Crippen LogP contribution < -0.4 is 10.4 Å². The van der Waals surface area contributed by atoms with E-state index < -0.39 is 0 Å². The highest BCUT2D eigenvalue weighted by Crippen LogP contribution is 2.19. The first-order valence-electron chi connectivity index (χ1n) is 7.79. The maximum absolute atomic E-state index is 4.46. The summed E-state index contributed by atoms with van der Waals surface area (Å²) in [6.07, 6.45) is 0. The van der Waals surface area contributed by atoms with Crippen LogP contribution in [0, 0.1) is 13.8 Å². The van der Waals surface area contributed by atoms with Crippen molar-refractivity contribution in [1.82, 2.24) is 4.98 Å². The molecule has 0 unspecified atom stereocenters. The molecule has 0 atom stereocenters. The third-order valence-electron chi connectivity index (χ3n) is 3.59. The van der Waals surface area contributed by atoms with Gasteiger partial charge in [0, 0.05) is 11.4 Å². The molecule has 3 rings (SSSR count). The fourth-order valence-electron chi connectivity index (χ4n) is 2.67. The number of benzene rings is 2. The van der Waals surface area contributed by atoms with Crippen molar-refractivity contribution >= 4 is 11.4 Å². The number of hydrogen-bond donors (Lipinski definition) is 1. The molecule has 23 heavy (non-hydrogen) atoms. The molecule has 0 saturated heterocycles. The van der Waals surface area contributed by atoms with Crippen LogP contribution in [0.25, 0.3) is 0 Å². The highest BCUT2D eigenvalue weighted by molar-refractivity contribution is 5.55. The molecule has 0 spiro atoms. The van der Waals surface area contributed by atoms with Gasteiger partial charge in [0.05, 0.1) is 17.9 Å². The zero-order valence-corrected chi connectivity index (χ0v) is 13.5.